The van der Waals surface area contributed by atoms with Crippen LogP contribution < -0.4 is 4.72 Å². The molecule has 154 valence electrons. The lowest BCUT2D eigenvalue weighted by atomic mass is 9.87. The van der Waals surface area contributed by atoms with Gasteiger partial charge in [-0.15, -0.1) is 10.2 Å². The zero-order chi connectivity index (χ0) is 21.5. The first kappa shape index (κ1) is 20.0. The number of anilines is 1. The van der Waals surface area contributed by atoms with E-state index in [1.807, 2.05) is 43.3 Å². The van der Waals surface area contributed by atoms with Gasteiger partial charge in [0.1, 0.15) is 0 Å². The van der Waals surface area contributed by atoms with Gasteiger partial charge in [0.25, 0.3) is 10.0 Å². The number of fused-ring (bicyclic) bond motifs is 1. The van der Waals surface area contributed by atoms with Gasteiger partial charge in [-0.05, 0) is 54.3 Å². The molecule has 2 aromatic heterocycles. The molecule has 4 rings (SSSR count). The quantitative estimate of drug-likeness (QED) is 0.533. The summed E-state index contributed by atoms with van der Waals surface area (Å²) in [4.78, 5) is 0.231. The Kier molecular flexibility index (Phi) is 4.82. The van der Waals surface area contributed by atoms with E-state index in [4.69, 9.17) is 0 Å². The maximum atomic E-state index is 12.7. The lowest BCUT2D eigenvalue weighted by Crippen LogP contribution is -2.14. The highest BCUT2D eigenvalue weighted by molar-refractivity contribution is 7.92. The second-order valence-electron chi connectivity index (χ2n) is 8.19. The maximum absolute atomic E-state index is 12.7. The predicted octanol–water partition coefficient (Wildman–Crippen LogP) is 4.20. The standard InChI is InChI=1S/C22H23N5O2S/c1-15-23-24-21-14-13-20(25-27(15)21)16-5-9-18(10-6-16)26-30(28,29)19-11-7-17(8-12-19)22(2,3)4/h5-14,26H,1-4H3. The van der Waals surface area contributed by atoms with E-state index in [0.29, 0.717) is 17.2 Å². The molecule has 8 heteroatoms. The van der Waals surface area contributed by atoms with Gasteiger partial charge in [0.15, 0.2) is 11.5 Å². The average molecular weight is 422 g/mol. The van der Waals surface area contributed by atoms with Crippen LogP contribution in [0.5, 0.6) is 0 Å². The first-order valence-electron chi connectivity index (χ1n) is 9.56. The molecule has 30 heavy (non-hydrogen) atoms. The van der Waals surface area contributed by atoms with Crippen molar-refractivity contribution in [1.82, 2.24) is 19.8 Å². The molecule has 4 aromatic rings. The van der Waals surface area contributed by atoms with Crippen LogP contribution in [0.2, 0.25) is 0 Å². The highest BCUT2D eigenvalue weighted by Gasteiger charge is 2.18. The molecule has 0 spiro atoms. The Morgan fingerprint density at radius 3 is 2.17 bits per heavy atom. The van der Waals surface area contributed by atoms with Gasteiger partial charge in [-0.1, -0.05) is 45.0 Å². The number of rotatable bonds is 4. The minimum absolute atomic E-state index is 0.0338. The smallest absolute Gasteiger partial charge is 0.261 e. The molecule has 0 aliphatic rings. The monoisotopic (exact) mass is 421 g/mol. The highest BCUT2D eigenvalue weighted by Crippen LogP contribution is 2.25. The summed E-state index contributed by atoms with van der Waals surface area (Å²) in [5.41, 5.74) is 3.82. The Balaban J connectivity index is 1.55. The normalized spacial score (nSPS) is 12.3. The van der Waals surface area contributed by atoms with E-state index < -0.39 is 10.0 Å². The number of sulfonamides is 1. The largest absolute Gasteiger partial charge is 0.280 e. The van der Waals surface area contributed by atoms with E-state index in [2.05, 4.69) is 40.8 Å². The van der Waals surface area contributed by atoms with E-state index in [-0.39, 0.29) is 10.3 Å². The fourth-order valence-corrected chi connectivity index (χ4v) is 4.17. The summed E-state index contributed by atoms with van der Waals surface area (Å²) in [5, 5.41) is 12.6. The second kappa shape index (κ2) is 7.21. The number of aryl methyl sites for hydroxylation is 1. The molecule has 0 radical (unpaired) electrons. The number of nitrogens with one attached hydrogen (secondary N) is 1. The first-order chi connectivity index (χ1) is 14.1. The molecule has 0 saturated carbocycles. The van der Waals surface area contributed by atoms with E-state index in [9.17, 15) is 8.42 Å². The molecule has 0 atom stereocenters. The van der Waals surface area contributed by atoms with Gasteiger partial charge in [0, 0.05) is 11.3 Å². The molecule has 2 aromatic carbocycles. The Morgan fingerprint density at radius 1 is 0.867 bits per heavy atom. The zero-order valence-electron chi connectivity index (χ0n) is 17.3. The third-order valence-corrected chi connectivity index (χ3v) is 6.28. The van der Waals surface area contributed by atoms with Crippen LogP contribution in [-0.2, 0) is 15.4 Å². The summed E-state index contributed by atoms with van der Waals surface area (Å²) in [6.45, 7) is 8.11. The van der Waals surface area contributed by atoms with Crippen molar-refractivity contribution in [3.63, 3.8) is 0 Å². The highest BCUT2D eigenvalue weighted by atomic mass is 32.2. The van der Waals surface area contributed by atoms with Crippen molar-refractivity contribution < 1.29 is 8.42 Å². The van der Waals surface area contributed by atoms with E-state index >= 15 is 0 Å². The molecule has 0 unspecified atom stereocenters. The van der Waals surface area contributed by atoms with Crippen molar-refractivity contribution in [3.05, 3.63) is 72.1 Å². The molecule has 0 aliphatic carbocycles. The van der Waals surface area contributed by atoms with Crippen LogP contribution >= 0.6 is 0 Å². The van der Waals surface area contributed by atoms with E-state index in [1.165, 1.54) is 0 Å². The third-order valence-electron chi connectivity index (χ3n) is 4.88. The average Bonchev–Trinajstić information content (AvgIpc) is 3.08. The van der Waals surface area contributed by atoms with Crippen LogP contribution in [0.4, 0.5) is 5.69 Å². The fourth-order valence-electron chi connectivity index (χ4n) is 3.11. The molecule has 0 bridgehead atoms. The number of hydrogen-bond donors (Lipinski definition) is 1. The summed E-state index contributed by atoms with van der Waals surface area (Å²) in [7, 11) is -3.67. The summed E-state index contributed by atoms with van der Waals surface area (Å²) >= 11 is 0. The minimum Gasteiger partial charge on any atom is -0.280 e. The van der Waals surface area contributed by atoms with Crippen molar-refractivity contribution in [2.24, 2.45) is 0 Å². The predicted molar refractivity (Wildman–Crippen MR) is 117 cm³/mol. The van der Waals surface area contributed by atoms with Gasteiger partial charge >= 0.3 is 0 Å². The van der Waals surface area contributed by atoms with Crippen molar-refractivity contribution >= 4 is 21.4 Å². The number of aromatic nitrogens is 4. The number of nitrogens with zero attached hydrogens (tertiary/aromatic N) is 4. The van der Waals surface area contributed by atoms with Crippen molar-refractivity contribution in [1.29, 1.82) is 0 Å². The van der Waals surface area contributed by atoms with Gasteiger partial charge in [-0.3, -0.25) is 4.72 Å². The van der Waals surface area contributed by atoms with Gasteiger partial charge in [0.2, 0.25) is 0 Å². The van der Waals surface area contributed by atoms with Crippen LogP contribution in [0.3, 0.4) is 0 Å². The number of benzene rings is 2. The van der Waals surface area contributed by atoms with Gasteiger partial charge in [-0.2, -0.15) is 9.61 Å². The number of hydrogen-bond acceptors (Lipinski definition) is 5. The van der Waals surface area contributed by atoms with Gasteiger partial charge in [0.05, 0.1) is 10.6 Å². The SMILES string of the molecule is Cc1nnc2ccc(-c3ccc(NS(=O)(=O)c4ccc(C(C)(C)C)cc4)cc3)nn12. The van der Waals surface area contributed by atoms with E-state index in [0.717, 1.165) is 16.8 Å². The molecular formula is C22H23N5O2S. The summed E-state index contributed by atoms with van der Waals surface area (Å²) < 4.78 is 29.8. The topological polar surface area (TPSA) is 89.2 Å². The van der Waals surface area contributed by atoms with Gasteiger partial charge < -0.3 is 0 Å². The molecule has 1 N–H and O–H groups in total. The van der Waals surface area contributed by atoms with Crippen LogP contribution in [0.25, 0.3) is 16.9 Å². The van der Waals surface area contributed by atoms with Crippen LogP contribution in [0.1, 0.15) is 32.2 Å². The van der Waals surface area contributed by atoms with Gasteiger partial charge in [-0.25, -0.2) is 8.42 Å². The Labute approximate surface area is 175 Å². The molecule has 2 heterocycles. The molecule has 0 saturated heterocycles. The molecule has 7 nitrogen and oxygen atoms in total. The van der Waals surface area contributed by atoms with Crippen LogP contribution in [-0.4, -0.2) is 28.2 Å². The summed E-state index contributed by atoms with van der Waals surface area (Å²) in [6, 6.07) is 17.8. The zero-order valence-corrected chi connectivity index (χ0v) is 18.1. The Hall–Kier alpha value is -3.26. The van der Waals surface area contributed by atoms with Crippen molar-refractivity contribution in [2.45, 2.75) is 38.0 Å². The molecule has 0 aliphatic heterocycles. The molecular weight excluding hydrogens is 398 g/mol. The summed E-state index contributed by atoms with van der Waals surface area (Å²) in [5.74, 6) is 0.703. The van der Waals surface area contributed by atoms with E-state index in [1.54, 1.807) is 28.8 Å². The molecule has 0 fully saturated rings. The summed E-state index contributed by atoms with van der Waals surface area (Å²) in [6.07, 6.45) is 0. The van der Waals surface area contributed by atoms with Crippen LogP contribution in [0.15, 0.2) is 65.6 Å². The minimum atomic E-state index is -3.67. The third kappa shape index (κ3) is 3.91. The van der Waals surface area contributed by atoms with Crippen LogP contribution in [0, 0.1) is 6.92 Å². The molecule has 0 amide bonds. The van der Waals surface area contributed by atoms with Crippen molar-refractivity contribution in [2.75, 3.05) is 4.72 Å². The first-order valence-corrected chi connectivity index (χ1v) is 11.0. The second-order valence-corrected chi connectivity index (χ2v) is 9.88. The Bertz CT molecular complexity index is 1300. The lowest BCUT2D eigenvalue weighted by molar-refractivity contribution is 0.587. The fraction of sp³-hybridized carbons (Fsp3) is 0.227. The maximum Gasteiger partial charge on any atom is 0.261 e. The van der Waals surface area contributed by atoms with Crippen molar-refractivity contribution in [3.8, 4) is 11.3 Å². The lowest BCUT2D eigenvalue weighted by Gasteiger charge is -2.19. The Morgan fingerprint density at radius 2 is 1.53 bits per heavy atom.